The fourth-order valence-corrected chi connectivity index (χ4v) is 2.82. The number of quaternary nitrogens is 2. The van der Waals surface area contributed by atoms with E-state index in [4.69, 9.17) is 13.8 Å². The number of esters is 1. The molecule has 1 atom stereocenters. The molecule has 0 bridgehead atoms. The fourth-order valence-electron chi connectivity index (χ4n) is 2.25. The summed E-state index contributed by atoms with van der Waals surface area (Å²) in [6.07, 6.45) is 0. The van der Waals surface area contributed by atoms with Gasteiger partial charge in [0.15, 0.2) is 0 Å². The van der Waals surface area contributed by atoms with Crippen LogP contribution in [0.1, 0.15) is 13.8 Å². The van der Waals surface area contributed by atoms with E-state index in [2.05, 4.69) is 8.37 Å². The van der Waals surface area contributed by atoms with Crippen LogP contribution in [0.3, 0.4) is 0 Å². The Kier molecular flexibility index (Phi) is 11.2. The van der Waals surface area contributed by atoms with Crippen LogP contribution in [0.4, 0.5) is 0 Å². The van der Waals surface area contributed by atoms with Gasteiger partial charge in [0, 0.05) is 0 Å². The summed E-state index contributed by atoms with van der Waals surface area (Å²) in [5.74, 6) is -0.612. The number of rotatable bonds is 15. The molecule has 2 N–H and O–H groups in total. The third-order valence-corrected chi connectivity index (χ3v) is 5.31. The van der Waals surface area contributed by atoms with Gasteiger partial charge < -0.3 is 13.7 Å². The number of carbonyl (C=O) groups excluding carboxylic acids is 1. The number of nitrogens with zero attached hydrogens (tertiary/aromatic N) is 2. The van der Waals surface area contributed by atoms with Crippen LogP contribution in [-0.4, -0.2) is 115 Å². The number of likely N-dealkylation sites (N-methyl/N-ethyl adjacent to an activating group) is 2. The summed E-state index contributed by atoms with van der Waals surface area (Å²) in [6, 6.07) is 0. The third kappa shape index (κ3) is 15.6. The van der Waals surface area contributed by atoms with Gasteiger partial charge in [-0.25, -0.2) is 8.37 Å². The zero-order valence-corrected chi connectivity index (χ0v) is 19.2. The molecule has 0 aromatic carbocycles. The molecule has 14 heteroatoms. The van der Waals surface area contributed by atoms with Gasteiger partial charge in [-0.15, -0.1) is 0 Å². The van der Waals surface area contributed by atoms with E-state index >= 15 is 0 Å². The lowest BCUT2D eigenvalue weighted by Gasteiger charge is -2.38. The van der Waals surface area contributed by atoms with Gasteiger partial charge in [-0.3, -0.25) is 13.9 Å². The van der Waals surface area contributed by atoms with Crippen molar-refractivity contribution >= 4 is 26.8 Å². The Balaban J connectivity index is 4.86. The van der Waals surface area contributed by atoms with E-state index in [0.29, 0.717) is 30.7 Å². The van der Waals surface area contributed by atoms with E-state index in [9.17, 15) is 21.6 Å². The van der Waals surface area contributed by atoms with Crippen LogP contribution >= 0.6 is 0 Å². The Hall–Kier alpha value is -0.870. The van der Waals surface area contributed by atoms with E-state index in [1.165, 1.54) is 0 Å². The second-order valence-electron chi connectivity index (χ2n) is 7.99. The monoisotopic (exact) mass is 466 g/mol. The van der Waals surface area contributed by atoms with Crippen molar-refractivity contribution in [3.63, 3.8) is 0 Å². The molecule has 1 unspecified atom stereocenters. The van der Waals surface area contributed by atoms with E-state index in [0.717, 1.165) is 0 Å². The molecule has 174 valence electrons. The van der Waals surface area contributed by atoms with Crippen molar-refractivity contribution in [2.45, 2.75) is 13.8 Å². The molecule has 0 saturated heterocycles. The molecule has 0 aromatic heterocycles. The van der Waals surface area contributed by atoms with E-state index < -0.39 is 20.8 Å². The second kappa shape index (κ2) is 11.5. The minimum Gasteiger partial charge on any atom is -0.459 e. The van der Waals surface area contributed by atoms with E-state index in [-0.39, 0.29) is 42.7 Å². The van der Waals surface area contributed by atoms with Crippen LogP contribution in [-0.2, 0) is 38.7 Å². The molecule has 0 saturated carbocycles. The third-order valence-electron chi connectivity index (χ3n) is 4.38. The number of hydrogen-bond donors (Lipinski definition) is 2. The smallest absolute Gasteiger partial charge is 0.397 e. The van der Waals surface area contributed by atoms with Crippen molar-refractivity contribution < 1.29 is 52.8 Å². The van der Waals surface area contributed by atoms with Gasteiger partial charge in [0.2, 0.25) is 0 Å². The zero-order valence-electron chi connectivity index (χ0n) is 17.6. The Morgan fingerprint density at radius 3 is 1.69 bits per heavy atom. The van der Waals surface area contributed by atoms with Crippen LogP contribution in [0.25, 0.3) is 0 Å². The quantitative estimate of drug-likeness (QED) is 0.181. The van der Waals surface area contributed by atoms with Crippen LogP contribution in [0, 0.1) is 5.92 Å². The van der Waals surface area contributed by atoms with Gasteiger partial charge >= 0.3 is 26.8 Å². The molecule has 0 heterocycles. The fraction of sp³-hybridized carbons (Fsp3) is 0.933. The van der Waals surface area contributed by atoms with Gasteiger partial charge in [0.1, 0.15) is 52.5 Å². The largest absolute Gasteiger partial charge is 0.459 e. The predicted molar refractivity (Wildman–Crippen MR) is 103 cm³/mol. The molecule has 0 rings (SSSR count). The summed E-state index contributed by atoms with van der Waals surface area (Å²) in [7, 11) is -3.56. The number of ether oxygens (including phenoxy) is 1. The Morgan fingerprint density at radius 1 is 0.793 bits per heavy atom. The molecular formula is C15H34N2O10S2+2. The molecule has 0 aliphatic rings. The lowest BCUT2D eigenvalue weighted by atomic mass is 10.2. The number of hydrogen-bond acceptors (Lipinski definition) is 8. The Labute approximate surface area is 173 Å². The van der Waals surface area contributed by atoms with Crippen LogP contribution in [0.15, 0.2) is 0 Å². The highest BCUT2D eigenvalue weighted by molar-refractivity contribution is 7.81. The molecule has 0 aliphatic heterocycles. The average molecular weight is 467 g/mol. The molecule has 29 heavy (non-hydrogen) atoms. The number of carbonyl (C=O) groups is 1. The Morgan fingerprint density at radius 2 is 1.24 bits per heavy atom. The van der Waals surface area contributed by atoms with Crippen molar-refractivity contribution in [3.05, 3.63) is 0 Å². The van der Waals surface area contributed by atoms with Gasteiger partial charge in [-0.05, 0) is 0 Å². The molecule has 0 aromatic rings. The first-order valence-electron chi connectivity index (χ1n) is 9.01. The standard InChI is InChI=1S/C15H32N2O10S2/c1-14(2)15(18)25-11-9-17(5,10-13-27-29(22,23)24)7-6-16(3,4)8-12-26-28(19,20)21/h14H,6-13H2,1-5H3/p+2. The van der Waals surface area contributed by atoms with Gasteiger partial charge in [-0.1, -0.05) is 13.8 Å². The van der Waals surface area contributed by atoms with Crippen molar-refractivity contribution in [2.75, 3.05) is 73.7 Å². The van der Waals surface area contributed by atoms with Crippen molar-refractivity contribution in [1.29, 1.82) is 0 Å². The van der Waals surface area contributed by atoms with Crippen LogP contribution in [0.5, 0.6) is 0 Å². The second-order valence-corrected chi connectivity index (χ2v) is 10.2. The lowest BCUT2D eigenvalue weighted by Crippen LogP contribution is -2.56. The first kappa shape index (κ1) is 28.1. The summed E-state index contributed by atoms with van der Waals surface area (Å²) in [5.41, 5.74) is 0. The topological polar surface area (TPSA) is 154 Å². The minimum absolute atomic E-state index is 0.124. The summed E-state index contributed by atoms with van der Waals surface area (Å²) >= 11 is 0. The molecular weight excluding hydrogens is 432 g/mol. The highest BCUT2D eigenvalue weighted by Gasteiger charge is 2.28. The Bertz CT molecular complexity index is 721. The van der Waals surface area contributed by atoms with Gasteiger partial charge in [0.25, 0.3) is 0 Å². The molecule has 0 amide bonds. The molecule has 0 spiro atoms. The van der Waals surface area contributed by atoms with Crippen LogP contribution < -0.4 is 0 Å². The first-order valence-corrected chi connectivity index (χ1v) is 11.7. The van der Waals surface area contributed by atoms with E-state index in [1.807, 2.05) is 21.1 Å². The SMILES string of the molecule is CC(C)C(=O)OCC[N+](C)(CCOS(=O)(=O)O)CC[N+](C)(C)CCOS(=O)(=O)O. The predicted octanol–water partition coefficient (Wildman–Crippen LogP) is -0.653. The zero-order chi connectivity index (χ0) is 22.9. The molecule has 0 radical (unpaired) electrons. The molecule has 12 nitrogen and oxygen atoms in total. The van der Waals surface area contributed by atoms with Crippen molar-refractivity contribution in [1.82, 2.24) is 0 Å². The summed E-state index contributed by atoms with van der Waals surface area (Å²) in [6.45, 7) is 5.04. The first-order chi connectivity index (χ1) is 12.9. The van der Waals surface area contributed by atoms with Crippen molar-refractivity contribution in [3.8, 4) is 0 Å². The van der Waals surface area contributed by atoms with Crippen LogP contribution in [0.2, 0.25) is 0 Å². The van der Waals surface area contributed by atoms with Gasteiger partial charge in [0.05, 0.1) is 27.1 Å². The van der Waals surface area contributed by atoms with E-state index in [1.54, 1.807) is 13.8 Å². The maximum atomic E-state index is 11.6. The summed E-state index contributed by atoms with van der Waals surface area (Å²) in [4.78, 5) is 11.6. The lowest BCUT2D eigenvalue weighted by molar-refractivity contribution is -0.955. The highest BCUT2D eigenvalue weighted by atomic mass is 32.3. The van der Waals surface area contributed by atoms with Crippen molar-refractivity contribution in [2.24, 2.45) is 5.92 Å². The van der Waals surface area contributed by atoms with Gasteiger partial charge in [-0.2, -0.15) is 16.8 Å². The highest BCUT2D eigenvalue weighted by Crippen LogP contribution is 2.08. The maximum absolute atomic E-state index is 11.6. The normalized spacial score (nSPS) is 15.3. The maximum Gasteiger partial charge on any atom is 0.397 e. The summed E-state index contributed by atoms with van der Waals surface area (Å²) in [5, 5.41) is 0. The molecule has 0 aliphatic carbocycles. The average Bonchev–Trinajstić information content (AvgIpc) is 2.50. The summed E-state index contributed by atoms with van der Waals surface area (Å²) < 4.78 is 74.8. The molecule has 0 fully saturated rings. The minimum atomic E-state index is -4.56.